The number of anilines is 3. The SMILES string of the molecule is CC(C)(C)c1cc(C(C)(C)C)c2sc3ccc4c(c3c2c1)C(C)(C)c1cccc(N(c2ccc(-c3ccccc3)cc2)c2ccc3c(c2)C(C)(C)c2ccccc2-3)c1-4. The first kappa shape index (κ1) is 36.9. The maximum atomic E-state index is 2.53. The van der Waals surface area contributed by atoms with Crippen LogP contribution in [0.15, 0.2) is 140 Å². The van der Waals surface area contributed by atoms with Crippen molar-refractivity contribution in [3.63, 3.8) is 0 Å². The summed E-state index contributed by atoms with van der Waals surface area (Å²) in [6.45, 7) is 23.8. The van der Waals surface area contributed by atoms with E-state index in [1.165, 1.54) is 98.3 Å². The largest absolute Gasteiger partial charge is 0.310 e. The Morgan fingerprint density at radius 3 is 1.86 bits per heavy atom. The third-order valence-electron chi connectivity index (χ3n) is 13.3. The fourth-order valence-corrected chi connectivity index (χ4v) is 11.6. The zero-order valence-electron chi connectivity index (χ0n) is 35.6. The van der Waals surface area contributed by atoms with E-state index in [9.17, 15) is 0 Å². The highest BCUT2D eigenvalue weighted by Gasteiger charge is 2.41. The van der Waals surface area contributed by atoms with E-state index in [1.807, 2.05) is 11.3 Å². The third kappa shape index (κ3) is 5.41. The quantitative estimate of drug-likeness (QED) is 0.172. The first-order chi connectivity index (χ1) is 27.5. The molecule has 1 aromatic heterocycles. The van der Waals surface area contributed by atoms with Crippen LogP contribution in [0.2, 0.25) is 0 Å². The summed E-state index contributed by atoms with van der Waals surface area (Å²) in [5.41, 5.74) is 19.6. The molecule has 7 aromatic carbocycles. The molecule has 0 unspecified atom stereocenters. The van der Waals surface area contributed by atoms with Crippen molar-refractivity contribution in [2.45, 2.75) is 90.9 Å². The van der Waals surface area contributed by atoms with Crippen molar-refractivity contribution in [3.05, 3.63) is 173 Å². The Balaban J connectivity index is 1.23. The van der Waals surface area contributed by atoms with Gasteiger partial charge in [0.2, 0.25) is 0 Å². The average Bonchev–Trinajstić information content (AvgIpc) is 3.77. The zero-order chi connectivity index (χ0) is 40.5. The topological polar surface area (TPSA) is 3.24 Å². The molecule has 2 heteroatoms. The van der Waals surface area contributed by atoms with Gasteiger partial charge in [-0.05, 0) is 114 Å². The third-order valence-corrected chi connectivity index (χ3v) is 14.5. The molecule has 0 bridgehead atoms. The zero-order valence-corrected chi connectivity index (χ0v) is 36.5. The van der Waals surface area contributed by atoms with Gasteiger partial charge in [-0.3, -0.25) is 0 Å². The summed E-state index contributed by atoms with van der Waals surface area (Å²) in [7, 11) is 0. The second-order valence-electron chi connectivity index (χ2n) is 19.8. The Morgan fingerprint density at radius 1 is 0.500 bits per heavy atom. The lowest BCUT2D eigenvalue weighted by atomic mass is 9.78. The van der Waals surface area contributed by atoms with Crippen LogP contribution in [0.25, 0.3) is 53.6 Å². The van der Waals surface area contributed by atoms with E-state index in [1.54, 1.807) is 0 Å². The van der Waals surface area contributed by atoms with E-state index in [0.29, 0.717) is 0 Å². The monoisotopic (exact) mass is 771 g/mol. The van der Waals surface area contributed by atoms with Gasteiger partial charge in [0.25, 0.3) is 0 Å². The molecule has 0 N–H and O–H groups in total. The Hall–Kier alpha value is -5.44. The Morgan fingerprint density at radius 2 is 1.14 bits per heavy atom. The molecule has 0 fully saturated rings. The van der Waals surface area contributed by atoms with E-state index < -0.39 is 0 Å². The van der Waals surface area contributed by atoms with Crippen LogP contribution in [-0.2, 0) is 21.7 Å². The first-order valence-electron chi connectivity index (χ1n) is 20.9. The van der Waals surface area contributed by atoms with Crippen LogP contribution in [-0.4, -0.2) is 0 Å². The fraction of sp³-hybridized carbons (Fsp3) is 0.250. The lowest BCUT2D eigenvalue weighted by Gasteiger charge is -2.30. The molecule has 0 radical (unpaired) electrons. The normalized spacial score (nSPS) is 15.0. The van der Waals surface area contributed by atoms with Crippen molar-refractivity contribution in [2.24, 2.45) is 0 Å². The van der Waals surface area contributed by atoms with Crippen molar-refractivity contribution >= 4 is 48.6 Å². The molecule has 0 atom stereocenters. The minimum Gasteiger partial charge on any atom is -0.310 e. The number of rotatable bonds is 4. The summed E-state index contributed by atoms with van der Waals surface area (Å²) in [6.07, 6.45) is 0. The van der Waals surface area contributed by atoms with Gasteiger partial charge < -0.3 is 4.90 Å². The van der Waals surface area contributed by atoms with E-state index >= 15 is 0 Å². The van der Waals surface area contributed by atoms with Gasteiger partial charge in [0.05, 0.1) is 5.69 Å². The second kappa shape index (κ2) is 12.5. The minimum absolute atomic E-state index is 0.0254. The summed E-state index contributed by atoms with van der Waals surface area (Å²) in [4.78, 5) is 2.53. The van der Waals surface area contributed by atoms with Crippen LogP contribution in [0.4, 0.5) is 17.1 Å². The number of benzene rings is 7. The highest BCUT2D eigenvalue weighted by molar-refractivity contribution is 7.26. The van der Waals surface area contributed by atoms with Gasteiger partial charge in [-0.2, -0.15) is 0 Å². The number of fused-ring (bicyclic) bond motifs is 10. The fourth-order valence-electron chi connectivity index (χ4n) is 10.2. The van der Waals surface area contributed by atoms with Crippen LogP contribution < -0.4 is 4.90 Å². The van der Waals surface area contributed by atoms with E-state index in [0.717, 1.165) is 5.69 Å². The van der Waals surface area contributed by atoms with Crippen LogP contribution in [0, 0.1) is 0 Å². The van der Waals surface area contributed by atoms with E-state index in [4.69, 9.17) is 0 Å². The molecule has 10 rings (SSSR count). The van der Waals surface area contributed by atoms with Gasteiger partial charge in [0, 0.05) is 47.9 Å². The molecule has 58 heavy (non-hydrogen) atoms. The molecule has 2 aliphatic carbocycles. The van der Waals surface area contributed by atoms with Crippen LogP contribution in [0.1, 0.15) is 103 Å². The molecule has 0 saturated carbocycles. The van der Waals surface area contributed by atoms with Crippen LogP contribution in [0.3, 0.4) is 0 Å². The molecule has 0 saturated heterocycles. The maximum absolute atomic E-state index is 2.53. The predicted octanol–water partition coefficient (Wildman–Crippen LogP) is 16.4. The van der Waals surface area contributed by atoms with Crippen molar-refractivity contribution < 1.29 is 0 Å². The molecule has 1 nitrogen and oxygen atoms in total. The molecule has 0 aliphatic heterocycles. The molecule has 1 heterocycles. The van der Waals surface area contributed by atoms with Gasteiger partial charge in [-0.1, -0.05) is 166 Å². The Labute approximate surface area is 349 Å². The number of hydrogen-bond donors (Lipinski definition) is 0. The molecule has 0 spiro atoms. The molecule has 8 aromatic rings. The Kier molecular flexibility index (Phi) is 7.97. The summed E-state index contributed by atoms with van der Waals surface area (Å²) in [5, 5.41) is 2.84. The Bertz CT molecular complexity index is 2940. The lowest BCUT2D eigenvalue weighted by molar-refractivity contribution is 0.573. The predicted molar refractivity (Wildman–Crippen MR) is 252 cm³/mol. The average molecular weight is 772 g/mol. The van der Waals surface area contributed by atoms with Crippen LogP contribution in [0.5, 0.6) is 0 Å². The van der Waals surface area contributed by atoms with Crippen molar-refractivity contribution in [3.8, 4) is 33.4 Å². The number of thiophene rings is 1. The second-order valence-corrected chi connectivity index (χ2v) is 20.9. The standard InChI is InChI=1S/C56H53NS/c1-53(2,3)36-31-42-50-48(58-52(42)46(32-36)54(4,5)6)30-29-41-49-44(56(9,10)51(41)50)21-16-22-47(49)57(37-25-23-35(24-26-37)34-17-12-11-13-18-34)38-27-28-40-39-19-14-15-20-43(39)55(7,8)45(40)33-38/h11-33H,1-10H3. The van der Waals surface area contributed by atoms with E-state index in [-0.39, 0.29) is 21.7 Å². The molecule has 288 valence electrons. The first-order valence-corrected chi connectivity index (χ1v) is 21.8. The van der Waals surface area contributed by atoms with Crippen molar-refractivity contribution in [1.82, 2.24) is 0 Å². The highest BCUT2D eigenvalue weighted by atomic mass is 32.1. The highest BCUT2D eigenvalue weighted by Crippen LogP contribution is 2.59. The number of hydrogen-bond acceptors (Lipinski definition) is 2. The van der Waals surface area contributed by atoms with Gasteiger partial charge in [0.15, 0.2) is 0 Å². The molecular weight excluding hydrogens is 719 g/mol. The molecular formula is C56H53NS. The summed E-state index contributed by atoms with van der Waals surface area (Å²) in [5.74, 6) is 0. The van der Waals surface area contributed by atoms with Gasteiger partial charge in [-0.15, -0.1) is 11.3 Å². The smallest absolute Gasteiger partial charge is 0.0543 e. The van der Waals surface area contributed by atoms with Crippen molar-refractivity contribution in [1.29, 1.82) is 0 Å². The van der Waals surface area contributed by atoms with Gasteiger partial charge >= 0.3 is 0 Å². The summed E-state index contributed by atoms with van der Waals surface area (Å²) in [6, 6.07) is 52.9. The number of nitrogens with zero attached hydrogens (tertiary/aromatic N) is 1. The van der Waals surface area contributed by atoms with Crippen molar-refractivity contribution in [2.75, 3.05) is 4.90 Å². The van der Waals surface area contributed by atoms with Gasteiger partial charge in [-0.25, -0.2) is 0 Å². The molecule has 0 amide bonds. The van der Waals surface area contributed by atoms with Crippen LogP contribution >= 0.6 is 11.3 Å². The lowest BCUT2D eigenvalue weighted by Crippen LogP contribution is -2.18. The maximum Gasteiger partial charge on any atom is 0.0543 e. The summed E-state index contributed by atoms with van der Waals surface area (Å²) >= 11 is 1.98. The molecule has 2 aliphatic rings. The van der Waals surface area contributed by atoms with E-state index in [2.05, 4.69) is 214 Å². The van der Waals surface area contributed by atoms with Gasteiger partial charge in [0.1, 0.15) is 0 Å². The minimum atomic E-state index is -0.210. The summed E-state index contributed by atoms with van der Waals surface area (Å²) < 4.78 is 2.80.